The molecule has 0 N–H and O–H groups in total. The van der Waals surface area contributed by atoms with E-state index in [0.717, 1.165) is 5.69 Å². The normalized spacial score (nSPS) is 13.3. The van der Waals surface area contributed by atoms with E-state index >= 15 is 0 Å². The van der Waals surface area contributed by atoms with E-state index in [1.807, 2.05) is 0 Å². The summed E-state index contributed by atoms with van der Waals surface area (Å²) in [4.78, 5) is 4.93. The second-order valence-electron chi connectivity index (χ2n) is 10.1. The van der Waals surface area contributed by atoms with Crippen LogP contribution in [0.3, 0.4) is 0 Å². The van der Waals surface area contributed by atoms with Gasteiger partial charge in [0.25, 0.3) is 0 Å². The molecular formula is C29H30NSi2. The van der Waals surface area contributed by atoms with Gasteiger partial charge in [0.05, 0.1) is 13.8 Å². The SMILES string of the molecule is CC(C)c1cnc(-c2ccc3c(c2)-c2ccccc2[Si]3c2ccccc2)cc1[Si](C)(C)C. The Balaban J connectivity index is 1.66. The summed E-state index contributed by atoms with van der Waals surface area (Å²) in [5.41, 5.74) is 6.53. The van der Waals surface area contributed by atoms with Crippen molar-refractivity contribution in [1.82, 2.24) is 4.98 Å². The summed E-state index contributed by atoms with van der Waals surface area (Å²) in [6.45, 7) is 11.9. The first-order valence-corrected chi connectivity index (χ1v) is 16.5. The number of aromatic nitrogens is 1. The zero-order valence-corrected chi connectivity index (χ0v) is 21.6. The fraction of sp³-hybridized carbons (Fsp3) is 0.207. The van der Waals surface area contributed by atoms with E-state index < -0.39 is 16.9 Å². The Morgan fingerprint density at radius 3 is 2.16 bits per heavy atom. The molecule has 0 saturated heterocycles. The third-order valence-electron chi connectivity index (χ3n) is 6.50. The van der Waals surface area contributed by atoms with Crippen LogP contribution in [-0.2, 0) is 0 Å². The molecule has 1 aliphatic rings. The van der Waals surface area contributed by atoms with E-state index in [1.54, 1.807) is 0 Å². The molecule has 0 spiro atoms. The Bertz CT molecular complexity index is 1290. The molecule has 0 aliphatic carbocycles. The number of rotatable bonds is 4. The maximum atomic E-state index is 4.93. The molecule has 0 unspecified atom stereocenters. The lowest BCUT2D eigenvalue weighted by atomic mass is 10.00. The van der Waals surface area contributed by atoms with Gasteiger partial charge in [0, 0.05) is 11.8 Å². The highest BCUT2D eigenvalue weighted by molar-refractivity contribution is 6.99. The van der Waals surface area contributed by atoms with Crippen molar-refractivity contribution in [3.05, 3.63) is 90.6 Å². The Labute approximate surface area is 194 Å². The highest BCUT2D eigenvalue weighted by atomic mass is 28.3. The van der Waals surface area contributed by atoms with Crippen LogP contribution in [0.25, 0.3) is 22.4 Å². The standard InChI is InChI=1S/C29H30NSi2/c1-20(2)25-19-30-26(18-29(25)32(3,4)5)21-15-16-28-24(17-21)23-13-9-10-14-27(23)31(28)22-11-7-6-8-12-22/h6-20H,1-5H3. The third kappa shape index (κ3) is 3.60. The monoisotopic (exact) mass is 448 g/mol. The fourth-order valence-corrected chi connectivity index (χ4v) is 9.58. The molecule has 1 nitrogen and oxygen atoms in total. The quantitative estimate of drug-likeness (QED) is 0.356. The van der Waals surface area contributed by atoms with E-state index in [9.17, 15) is 0 Å². The topological polar surface area (TPSA) is 12.9 Å². The van der Waals surface area contributed by atoms with Gasteiger partial charge in [-0.25, -0.2) is 0 Å². The van der Waals surface area contributed by atoms with E-state index in [2.05, 4.69) is 119 Å². The molecule has 0 fully saturated rings. The molecule has 0 saturated carbocycles. The highest BCUT2D eigenvalue weighted by Gasteiger charge is 2.32. The Hall–Kier alpha value is -2.76. The lowest BCUT2D eigenvalue weighted by Crippen LogP contribution is -2.48. The van der Waals surface area contributed by atoms with Gasteiger partial charge < -0.3 is 0 Å². The van der Waals surface area contributed by atoms with Crippen molar-refractivity contribution < 1.29 is 0 Å². The molecular weight excluding hydrogens is 418 g/mol. The average molecular weight is 449 g/mol. The van der Waals surface area contributed by atoms with Gasteiger partial charge in [0.15, 0.2) is 8.80 Å². The molecule has 1 aromatic heterocycles. The van der Waals surface area contributed by atoms with Crippen LogP contribution >= 0.6 is 0 Å². The highest BCUT2D eigenvalue weighted by Crippen LogP contribution is 2.28. The number of fused-ring (bicyclic) bond motifs is 3. The molecule has 4 aromatic rings. The van der Waals surface area contributed by atoms with Crippen molar-refractivity contribution >= 4 is 37.6 Å². The van der Waals surface area contributed by atoms with Crippen LogP contribution in [-0.4, -0.2) is 21.9 Å². The number of benzene rings is 3. The molecule has 5 rings (SSSR count). The van der Waals surface area contributed by atoms with Crippen LogP contribution in [0.4, 0.5) is 0 Å². The Morgan fingerprint density at radius 2 is 1.44 bits per heavy atom. The van der Waals surface area contributed by atoms with Crippen molar-refractivity contribution in [3.63, 3.8) is 0 Å². The first-order valence-electron chi connectivity index (χ1n) is 11.5. The fourth-order valence-electron chi connectivity index (χ4n) is 4.87. The predicted molar refractivity (Wildman–Crippen MR) is 143 cm³/mol. The van der Waals surface area contributed by atoms with Crippen molar-refractivity contribution in [2.75, 3.05) is 0 Å². The lowest BCUT2D eigenvalue weighted by Gasteiger charge is -2.23. The summed E-state index contributed by atoms with van der Waals surface area (Å²) in [6, 6.07) is 29.4. The van der Waals surface area contributed by atoms with E-state index in [1.165, 1.54) is 43.0 Å². The molecule has 32 heavy (non-hydrogen) atoms. The smallest absolute Gasteiger partial charge is 0.156 e. The first kappa shape index (κ1) is 21.1. The molecule has 0 amide bonds. The van der Waals surface area contributed by atoms with Gasteiger partial charge in [-0.05, 0) is 45.1 Å². The van der Waals surface area contributed by atoms with E-state index in [0.29, 0.717) is 5.92 Å². The zero-order chi connectivity index (χ0) is 22.5. The van der Waals surface area contributed by atoms with Gasteiger partial charge in [0.1, 0.15) is 0 Å². The minimum absolute atomic E-state index is 0.501. The van der Waals surface area contributed by atoms with Crippen LogP contribution < -0.4 is 20.7 Å². The summed E-state index contributed by atoms with van der Waals surface area (Å²) >= 11 is 0. The van der Waals surface area contributed by atoms with Gasteiger partial charge in [-0.1, -0.05) is 111 Å². The maximum absolute atomic E-state index is 4.93. The van der Waals surface area contributed by atoms with E-state index in [4.69, 9.17) is 4.98 Å². The second-order valence-corrected chi connectivity index (χ2v) is 17.6. The van der Waals surface area contributed by atoms with Crippen molar-refractivity contribution in [2.24, 2.45) is 0 Å². The number of hydrogen-bond acceptors (Lipinski definition) is 1. The number of hydrogen-bond donors (Lipinski definition) is 0. The number of pyridine rings is 1. The van der Waals surface area contributed by atoms with Crippen molar-refractivity contribution in [2.45, 2.75) is 39.4 Å². The summed E-state index contributed by atoms with van der Waals surface area (Å²) in [7, 11) is -2.44. The average Bonchev–Trinajstić information content (AvgIpc) is 3.12. The summed E-state index contributed by atoms with van der Waals surface area (Å²) in [5, 5.41) is 5.99. The molecule has 0 bridgehead atoms. The largest absolute Gasteiger partial charge is 0.256 e. The minimum atomic E-state index is -1.47. The van der Waals surface area contributed by atoms with Crippen molar-refractivity contribution in [3.8, 4) is 22.4 Å². The van der Waals surface area contributed by atoms with Crippen LogP contribution in [0.15, 0.2) is 85.1 Å². The predicted octanol–water partition coefficient (Wildman–Crippen LogP) is 4.91. The molecule has 159 valence electrons. The summed E-state index contributed by atoms with van der Waals surface area (Å²) in [6.07, 6.45) is 2.13. The van der Waals surface area contributed by atoms with Crippen LogP contribution in [0.2, 0.25) is 19.6 Å². The van der Waals surface area contributed by atoms with Gasteiger partial charge in [0.2, 0.25) is 0 Å². The van der Waals surface area contributed by atoms with E-state index in [-0.39, 0.29) is 0 Å². The summed E-state index contributed by atoms with van der Waals surface area (Å²) in [5.74, 6) is 0.501. The van der Waals surface area contributed by atoms with Crippen LogP contribution in [0, 0.1) is 0 Å². The molecule has 1 radical (unpaired) electrons. The Morgan fingerprint density at radius 1 is 0.750 bits per heavy atom. The van der Waals surface area contributed by atoms with Gasteiger partial charge >= 0.3 is 0 Å². The maximum Gasteiger partial charge on any atom is 0.156 e. The second kappa shape index (κ2) is 7.98. The molecule has 0 atom stereocenters. The zero-order valence-electron chi connectivity index (χ0n) is 19.6. The molecule has 3 aromatic carbocycles. The first-order chi connectivity index (χ1) is 15.3. The molecule has 1 aliphatic heterocycles. The van der Waals surface area contributed by atoms with Gasteiger partial charge in [-0.15, -0.1) is 0 Å². The van der Waals surface area contributed by atoms with Gasteiger partial charge in [-0.3, -0.25) is 4.98 Å². The molecule has 2 heterocycles. The molecule has 3 heteroatoms. The lowest BCUT2D eigenvalue weighted by molar-refractivity contribution is 0.864. The number of nitrogens with zero attached hydrogens (tertiary/aromatic N) is 1. The third-order valence-corrected chi connectivity index (χ3v) is 11.4. The Kier molecular flexibility index (Phi) is 5.27. The summed E-state index contributed by atoms with van der Waals surface area (Å²) < 4.78 is 0. The van der Waals surface area contributed by atoms with Gasteiger partial charge in [-0.2, -0.15) is 0 Å². The van der Waals surface area contributed by atoms with Crippen molar-refractivity contribution in [1.29, 1.82) is 0 Å². The van der Waals surface area contributed by atoms with Crippen LogP contribution in [0.5, 0.6) is 0 Å². The van der Waals surface area contributed by atoms with Crippen LogP contribution in [0.1, 0.15) is 25.3 Å². The minimum Gasteiger partial charge on any atom is -0.256 e.